The summed E-state index contributed by atoms with van der Waals surface area (Å²) in [6.07, 6.45) is 3.38. The van der Waals surface area contributed by atoms with Crippen LogP contribution in [-0.2, 0) is 14.4 Å². The zero-order valence-electron chi connectivity index (χ0n) is 15.3. The number of nitro benzene ring substituents is 1. The number of benzene rings is 1. The molecule has 1 aliphatic heterocycles. The van der Waals surface area contributed by atoms with Crippen molar-refractivity contribution in [1.82, 2.24) is 9.80 Å². The Morgan fingerprint density at radius 3 is 2.61 bits per heavy atom. The van der Waals surface area contributed by atoms with Crippen LogP contribution in [0, 0.1) is 16.0 Å². The van der Waals surface area contributed by atoms with Crippen molar-refractivity contribution in [3.63, 3.8) is 0 Å². The van der Waals surface area contributed by atoms with Gasteiger partial charge >= 0.3 is 17.8 Å². The lowest BCUT2D eigenvalue weighted by atomic mass is 9.85. The van der Waals surface area contributed by atoms with Crippen molar-refractivity contribution in [2.24, 2.45) is 5.92 Å². The number of non-ortho nitro benzene ring substituents is 1. The van der Waals surface area contributed by atoms with Gasteiger partial charge in [-0.3, -0.25) is 29.4 Å². The van der Waals surface area contributed by atoms with Crippen molar-refractivity contribution in [2.45, 2.75) is 38.6 Å². The van der Waals surface area contributed by atoms with Gasteiger partial charge in [-0.05, 0) is 24.8 Å². The Bertz CT molecular complexity index is 854. The normalized spacial score (nSPS) is 22.5. The molecule has 0 unspecified atom stereocenters. The van der Waals surface area contributed by atoms with Crippen molar-refractivity contribution < 1.29 is 24.1 Å². The molecule has 1 saturated carbocycles. The Balaban J connectivity index is 1.70. The Morgan fingerprint density at radius 1 is 1.21 bits per heavy atom. The highest BCUT2D eigenvalue weighted by molar-refractivity contribution is 6.45. The van der Waals surface area contributed by atoms with Gasteiger partial charge in [0.2, 0.25) is 5.91 Å². The van der Waals surface area contributed by atoms with Crippen molar-refractivity contribution in [2.75, 3.05) is 11.9 Å². The Morgan fingerprint density at radius 2 is 1.93 bits per heavy atom. The Hall–Kier alpha value is -3.30. The molecule has 0 aromatic heterocycles. The highest BCUT2D eigenvalue weighted by Gasteiger charge is 2.49. The third kappa shape index (κ3) is 3.71. The molecule has 148 valence electrons. The molecule has 28 heavy (non-hydrogen) atoms. The maximum absolute atomic E-state index is 12.6. The average Bonchev–Trinajstić information content (AvgIpc) is 2.86. The number of hydrogen-bond donors (Lipinski definition) is 1. The highest BCUT2D eigenvalue weighted by atomic mass is 16.6. The second kappa shape index (κ2) is 7.75. The predicted octanol–water partition coefficient (Wildman–Crippen LogP) is 1.90. The van der Waals surface area contributed by atoms with E-state index < -0.39 is 35.2 Å². The molecule has 1 saturated heterocycles. The largest absolute Gasteiger partial charge is 0.334 e. The van der Waals surface area contributed by atoms with Crippen LogP contribution in [0.1, 0.15) is 32.6 Å². The molecule has 1 N–H and O–H groups in total. The van der Waals surface area contributed by atoms with Crippen LogP contribution in [0.2, 0.25) is 0 Å². The molecular formula is C18H20N4O6. The van der Waals surface area contributed by atoms with Gasteiger partial charge in [0.15, 0.2) is 0 Å². The van der Waals surface area contributed by atoms with Crippen molar-refractivity contribution in [3.8, 4) is 0 Å². The van der Waals surface area contributed by atoms with E-state index in [0.717, 1.165) is 30.2 Å². The number of nitrogens with one attached hydrogen (secondary N) is 1. The first-order chi connectivity index (χ1) is 13.3. The second-order valence-corrected chi connectivity index (χ2v) is 7.03. The fraction of sp³-hybridized carbons (Fsp3) is 0.444. The van der Waals surface area contributed by atoms with Crippen LogP contribution in [0.25, 0.3) is 0 Å². The van der Waals surface area contributed by atoms with Gasteiger partial charge in [-0.1, -0.05) is 25.8 Å². The lowest BCUT2D eigenvalue weighted by molar-refractivity contribution is -0.384. The number of hydrogen-bond acceptors (Lipinski definition) is 6. The van der Waals surface area contributed by atoms with E-state index in [1.807, 2.05) is 6.92 Å². The summed E-state index contributed by atoms with van der Waals surface area (Å²) >= 11 is 0. The highest BCUT2D eigenvalue weighted by Crippen LogP contribution is 2.31. The summed E-state index contributed by atoms with van der Waals surface area (Å²) < 4.78 is 0. The molecule has 1 aromatic carbocycles. The van der Waals surface area contributed by atoms with Gasteiger partial charge in [0.05, 0.1) is 4.92 Å². The monoisotopic (exact) mass is 388 g/mol. The van der Waals surface area contributed by atoms with Crippen molar-refractivity contribution >= 4 is 35.1 Å². The van der Waals surface area contributed by atoms with Crippen LogP contribution < -0.4 is 5.32 Å². The summed E-state index contributed by atoms with van der Waals surface area (Å²) in [5.41, 5.74) is -0.0545. The van der Waals surface area contributed by atoms with Crippen LogP contribution in [0.15, 0.2) is 24.3 Å². The molecule has 10 nitrogen and oxygen atoms in total. The smallest absolute Gasteiger partial charge is 0.324 e. The van der Waals surface area contributed by atoms with E-state index in [1.165, 1.54) is 18.2 Å². The van der Waals surface area contributed by atoms with Gasteiger partial charge in [0.1, 0.15) is 6.54 Å². The quantitative estimate of drug-likeness (QED) is 0.355. The number of urea groups is 1. The molecule has 1 heterocycles. The molecule has 1 aromatic rings. The zero-order chi connectivity index (χ0) is 20.4. The van der Waals surface area contributed by atoms with Gasteiger partial charge in [0.25, 0.3) is 5.69 Å². The number of carbonyl (C=O) groups is 4. The third-order valence-electron chi connectivity index (χ3n) is 5.12. The van der Waals surface area contributed by atoms with Gasteiger partial charge in [-0.2, -0.15) is 0 Å². The minimum Gasteiger partial charge on any atom is -0.324 e. The first kappa shape index (κ1) is 19.5. The summed E-state index contributed by atoms with van der Waals surface area (Å²) in [5.74, 6) is -2.58. The van der Waals surface area contributed by atoms with E-state index in [1.54, 1.807) is 0 Å². The predicted molar refractivity (Wildman–Crippen MR) is 97.1 cm³/mol. The lowest BCUT2D eigenvalue weighted by Gasteiger charge is -2.34. The maximum Gasteiger partial charge on any atom is 0.334 e. The van der Waals surface area contributed by atoms with Gasteiger partial charge in [0, 0.05) is 23.9 Å². The Labute approximate surface area is 160 Å². The molecule has 3 rings (SSSR count). The van der Waals surface area contributed by atoms with Crippen LogP contribution in [0.4, 0.5) is 16.2 Å². The van der Waals surface area contributed by atoms with E-state index in [0.29, 0.717) is 11.3 Å². The number of nitro groups is 1. The number of imide groups is 2. The van der Waals surface area contributed by atoms with Crippen molar-refractivity contribution in [3.05, 3.63) is 34.4 Å². The topological polar surface area (TPSA) is 130 Å². The van der Waals surface area contributed by atoms with E-state index in [4.69, 9.17) is 0 Å². The molecule has 0 radical (unpaired) electrons. The number of nitrogens with zero attached hydrogens (tertiary/aromatic N) is 3. The number of carbonyl (C=O) groups excluding carboxylic acids is 4. The zero-order valence-corrected chi connectivity index (χ0v) is 15.3. The van der Waals surface area contributed by atoms with E-state index in [2.05, 4.69) is 5.32 Å². The van der Waals surface area contributed by atoms with E-state index >= 15 is 0 Å². The Kier molecular flexibility index (Phi) is 5.39. The SMILES string of the molecule is C[C@H]1CCCC[C@@H]1N1C(=O)C(=O)N(CC(=O)Nc2cccc([N+](=O)[O-])c2)C1=O. The van der Waals surface area contributed by atoms with E-state index in [9.17, 15) is 29.3 Å². The molecule has 2 fully saturated rings. The van der Waals surface area contributed by atoms with Crippen LogP contribution >= 0.6 is 0 Å². The first-order valence-electron chi connectivity index (χ1n) is 9.03. The van der Waals surface area contributed by atoms with Gasteiger partial charge < -0.3 is 5.32 Å². The number of anilines is 1. The second-order valence-electron chi connectivity index (χ2n) is 7.03. The standard InChI is InChI=1S/C18H20N4O6/c1-11-5-2-3-8-14(11)21-17(25)16(24)20(18(21)26)10-15(23)19-12-6-4-7-13(9-12)22(27)28/h4,6-7,9,11,14H,2-3,5,8,10H2,1H3,(H,19,23)/t11-,14-/m0/s1. The molecule has 2 aliphatic rings. The molecule has 5 amide bonds. The number of rotatable bonds is 5. The van der Waals surface area contributed by atoms with Gasteiger partial charge in [-0.25, -0.2) is 9.69 Å². The molecule has 1 aliphatic carbocycles. The fourth-order valence-electron chi connectivity index (χ4n) is 3.68. The van der Waals surface area contributed by atoms with Gasteiger partial charge in [-0.15, -0.1) is 0 Å². The van der Waals surface area contributed by atoms with Crippen LogP contribution in [0.5, 0.6) is 0 Å². The molecule has 0 bridgehead atoms. The molecule has 0 spiro atoms. The van der Waals surface area contributed by atoms with E-state index in [-0.39, 0.29) is 23.3 Å². The minimum absolute atomic E-state index is 0.0908. The summed E-state index contributed by atoms with van der Waals surface area (Å²) in [6, 6.07) is 4.14. The lowest BCUT2D eigenvalue weighted by Crippen LogP contribution is -2.46. The van der Waals surface area contributed by atoms with Crippen LogP contribution in [0.3, 0.4) is 0 Å². The van der Waals surface area contributed by atoms with Crippen molar-refractivity contribution in [1.29, 1.82) is 0 Å². The molecule has 10 heteroatoms. The third-order valence-corrected chi connectivity index (χ3v) is 5.12. The summed E-state index contributed by atoms with van der Waals surface area (Å²) in [5, 5.41) is 13.2. The van der Waals surface area contributed by atoms with Crippen LogP contribution in [-0.4, -0.2) is 51.1 Å². The number of amides is 5. The summed E-state index contributed by atoms with van der Waals surface area (Å²) in [6.45, 7) is 1.30. The molecule has 2 atom stereocenters. The maximum atomic E-state index is 12.6. The minimum atomic E-state index is -1.03. The fourth-order valence-corrected chi connectivity index (χ4v) is 3.68. The summed E-state index contributed by atoms with van der Waals surface area (Å²) in [7, 11) is 0. The first-order valence-corrected chi connectivity index (χ1v) is 9.03. The molecular weight excluding hydrogens is 368 g/mol. The average molecular weight is 388 g/mol. The summed E-state index contributed by atoms with van der Waals surface area (Å²) in [4.78, 5) is 61.3.